The van der Waals surface area contributed by atoms with E-state index < -0.39 is 11.9 Å². The van der Waals surface area contributed by atoms with Gasteiger partial charge in [-0.2, -0.15) is 0 Å². The van der Waals surface area contributed by atoms with Crippen molar-refractivity contribution in [2.24, 2.45) is 5.16 Å². The number of oxime groups is 1. The van der Waals surface area contributed by atoms with E-state index in [-0.39, 0.29) is 0 Å². The number of carbonyl (C=O) groups excluding carboxylic acids is 2. The van der Waals surface area contributed by atoms with E-state index in [0.717, 1.165) is 18.2 Å². The lowest BCUT2D eigenvalue weighted by Gasteiger charge is -2.06. The first-order chi connectivity index (χ1) is 10.2. The van der Waals surface area contributed by atoms with Crippen LogP contribution in [0.2, 0.25) is 0 Å². The summed E-state index contributed by atoms with van der Waals surface area (Å²) in [6.07, 6.45) is 0. The van der Waals surface area contributed by atoms with Gasteiger partial charge in [-0.1, -0.05) is 65.8 Å². The van der Waals surface area contributed by atoms with Gasteiger partial charge in [0, 0.05) is 11.1 Å². The second-order valence-electron chi connectivity index (χ2n) is 4.04. The van der Waals surface area contributed by atoms with Gasteiger partial charge < -0.3 is 9.57 Å². The summed E-state index contributed by atoms with van der Waals surface area (Å²) in [4.78, 5) is 27.0. The fourth-order valence-corrected chi connectivity index (χ4v) is 1.67. The van der Waals surface area contributed by atoms with E-state index in [1.54, 1.807) is 0 Å². The first-order valence-electron chi connectivity index (χ1n) is 6.20. The standard InChI is InChI=1S/C16H13NO4/c1-20-15(18)16(19)21-17-14(12-8-4-2-5-9-12)13-10-6-3-7-11-13/h2-11H,1H3. The Kier molecular flexibility index (Phi) is 4.82. The molecule has 0 amide bonds. The third kappa shape index (κ3) is 3.76. The van der Waals surface area contributed by atoms with Gasteiger partial charge in [-0.05, 0) is 0 Å². The van der Waals surface area contributed by atoms with Crippen LogP contribution in [0.25, 0.3) is 0 Å². The Morgan fingerprint density at radius 3 is 1.71 bits per heavy atom. The molecular weight excluding hydrogens is 270 g/mol. The molecule has 0 bridgehead atoms. The fraction of sp³-hybridized carbons (Fsp3) is 0.0625. The van der Waals surface area contributed by atoms with Crippen LogP contribution in [0.1, 0.15) is 11.1 Å². The van der Waals surface area contributed by atoms with Crippen molar-refractivity contribution in [3.05, 3.63) is 71.8 Å². The Hall–Kier alpha value is -2.95. The highest BCUT2D eigenvalue weighted by atomic mass is 16.7. The number of carbonyl (C=O) groups is 2. The molecule has 0 aromatic heterocycles. The van der Waals surface area contributed by atoms with Crippen LogP contribution in [0.4, 0.5) is 0 Å². The van der Waals surface area contributed by atoms with Gasteiger partial charge in [0.1, 0.15) is 5.71 Å². The molecule has 106 valence electrons. The molecule has 5 heteroatoms. The Morgan fingerprint density at radius 2 is 1.29 bits per heavy atom. The van der Waals surface area contributed by atoms with E-state index in [1.807, 2.05) is 60.7 Å². The molecular formula is C16H13NO4. The van der Waals surface area contributed by atoms with Gasteiger partial charge in [-0.25, -0.2) is 9.59 Å². The molecule has 2 aromatic rings. The molecule has 0 aliphatic heterocycles. The summed E-state index contributed by atoms with van der Waals surface area (Å²) in [5, 5.41) is 3.80. The van der Waals surface area contributed by atoms with Crippen LogP contribution in [0, 0.1) is 0 Å². The van der Waals surface area contributed by atoms with Gasteiger partial charge in [0.2, 0.25) is 0 Å². The molecule has 2 rings (SSSR count). The van der Waals surface area contributed by atoms with E-state index in [2.05, 4.69) is 14.7 Å². The van der Waals surface area contributed by atoms with Crippen LogP contribution in [0.5, 0.6) is 0 Å². The van der Waals surface area contributed by atoms with Gasteiger partial charge in [0.05, 0.1) is 7.11 Å². The Labute approximate surface area is 121 Å². The second-order valence-corrected chi connectivity index (χ2v) is 4.04. The molecule has 0 N–H and O–H groups in total. The first kappa shape index (κ1) is 14.5. The number of rotatable bonds is 3. The highest BCUT2D eigenvalue weighted by Crippen LogP contribution is 2.11. The molecule has 2 aromatic carbocycles. The number of benzene rings is 2. The number of ether oxygens (including phenoxy) is 1. The molecule has 0 spiro atoms. The monoisotopic (exact) mass is 283 g/mol. The summed E-state index contributed by atoms with van der Waals surface area (Å²) in [5.41, 5.74) is 1.98. The number of methoxy groups -OCH3 is 1. The zero-order valence-electron chi connectivity index (χ0n) is 11.4. The molecule has 0 atom stereocenters. The number of esters is 1. The van der Waals surface area contributed by atoms with E-state index in [9.17, 15) is 9.59 Å². The Morgan fingerprint density at radius 1 is 0.810 bits per heavy atom. The highest BCUT2D eigenvalue weighted by Gasteiger charge is 2.17. The lowest BCUT2D eigenvalue weighted by molar-refractivity contribution is -0.165. The first-order valence-corrected chi connectivity index (χ1v) is 6.20. The summed E-state index contributed by atoms with van der Waals surface area (Å²) in [6.45, 7) is 0. The normalized spacial score (nSPS) is 9.57. The van der Waals surface area contributed by atoms with Gasteiger partial charge in [-0.3, -0.25) is 0 Å². The average Bonchev–Trinajstić information content (AvgIpc) is 2.56. The van der Waals surface area contributed by atoms with E-state index >= 15 is 0 Å². The number of hydrogen-bond donors (Lipinski definition) is 0. The molecule has 0 aliphatic rings. The summed E-state index contributed by atoms with van der Waals surface area (Å²) >= 11 is 0. The fourth-order valence-electron chi connectivity index (χ4n) is 1.67. The van der Waals surface area contributed by atoms with E-state index in [0.29, 0.717) is 5.71 Å². The lowest BCUT2D eigenvalue weighted by Crippen LogP contribution is -2.17. The van der Waals surface area contributed by atoms with E-state index in [1.165, 1.54) is 0 Å². The topological polar surface area (TPSA) is 65.0 Å². The minimum atomic E-state index is -1.16. The predicted octanol–water partition coefficient (Wildman–Crippen LogP) is 2.16. The maximum atomic E-state index is 11.3. The second kappa shape index (κ2) is 7.00. The SMILES string of the molecule is COC(=O)C(=O)ON=C(c1ccccc1)c1ccccc1. The minimum Gasteiger partial charge on any atom is -0.461 e. The van der Waals surface area contributed by atoms with Crippen molar-refractivity contribution in [3.63, 3.8) is 0 Å². The van der Waals surface area contributed by atoms with Crippen molar-refractivity contribution in [2.75, 3.05) is 7.11 Å². The van der Waals surface area contributed by atoms with Crippen molar-refractivity contribution >= 4 is 17.7 Å². The summed E-state index contributed by atoms with van der Waals surface area (Å²) < 4.78 is 4.27. The quantitative estimate of drug-likeness (QED) is 0.285. The highest BCUT2D eigenvalue weighted by molar-refractivity contribution is 6.29. The number of nitrogens with zero attached hydrogens (tertiary/aromatic N) is 1. The van der Waals surface area contributed by atoms with Crippen molar-refractivity contribution in [1.29, 1.82) is 0 Å². The Bertz CT molecular complexity index is 609. The Balaban J connectivity index is 2.33. The molecule has 0 aliphatic carbocycles. The molecule has 0 fully saturated rings. The number of hydrogen-bond acceptors (Lipinski definition) is 5. The van der Waals surface area contributed by atoms with Crippen LogP contribution >= 0.6 is 0 Å². The zero-order chi connectivity index (χ0) is 15.1. The zero-order valence-corrected chi connectivity index (χ0v) is 11.4. The van der Waals surface area contributed by atoms with Crippen LogP contribution in [-0.4, -0.2) is 24.8 Å². The van der Waals surface area contributed by atoms with Crippen LogP contribution in [0.3, 0.4) is 0 Å². The maximum Gasteiger partial charge on any atom is 0.443 e. The molecule has 0 unspecified atom stereocenters. The van der Waals surface area contributed by atoms with Gasteiger partial charge in [0.25, 0.3) is 0 Å². The smallest absolute Gasteiger partial charge is 0.443 e. The van der Waals surface area contributed by atoms with Gasteiger partial charge in [0.15, 0.2) is 0 Å². The summed E-state index contributed by atoms with van der Waals surface area (Å²) in [7, 11) is 1.10. The van der Waals surface area contributed by atoms with Crippen LogP contribution in [-0.2, 0) is 19.2 Å². The molecule has 5 nitrogen and oxygen atoms in total. The van der Waals surface area contributed by atoms with Crippen molar-refractivity contribution in [1.82, 2.24) is 0 Å². The molecule has 0 saturated heterocycles. The largest absolute Gasteiger partial charge is 0.461 e. The average molecular weight is 283 g/mol. The van der Waals surface area contributed by atoms with Crippen LogP contribution < -0.4 is 0 Å². The predicted molar refractivity (Wildman–Crippen MR) is 76.6 cm³/mol. The van der Waals surface area contributed by atoms with Crippen molar-refractivity contribution < 1.29 is 19.2 Å². The van der Waals surface area contributed by atoms with Gasteiger partial charge >= 0.3 is 11.9 Å². The van der Waals surface area contributed by atoms with Crippen LogP contribution in [0.15, 0.2) is 65.8 Å². The molecule has 21 heavy (non-hydrogen) atoms. The van der Waals surface area contributed by atoms with E-state index in [4.69, 9.17) is 0 Å². The van der Waals surface area contributed by atoms with Gasteiger partial charge in [-0.15, -0.1) is 0 Å². The maximum absolute atomic E-state index is 11.3. The summed E-state index contributed by atoms with van der Waals surface area (Å²) in [6, 6.07) is 18.4. The van der Waals surface area contributed by atoms with Crippen molar-refractivity contribution in [2.45, 2.75) is 0 Å². The van der Waals surface area contributed by atoms with Crippen molar-refractivity contribution in [3.8, 4) is 0 Å². The minimum absolute atomic E-state index is 0.452. The third-order valence-corrected chi connectivity index (χ3v) is 2.67. The molecule has 0 radical (unpaired) electrons. The molecule has 0 heterocycles. The molecule has 0 saturated carbocycles. The summed E-state index contributed by atoms with van der Waals surface area (Å²) in [5.74, 6) is -2.26. The lowest BCUT2D eigenvalue weighted by atomic mass is 10.0. The third-order valence-electron chi connectivity index (χ3n) is 2.67.